The number of fused-ring (bicyclic) bond motifs is 1. The topological polar surface area (TPSA) is 120 Å². The number of hydrogen-bond donors (Lipinski definition) is 4. The first-order chi connectivity index (χ1) is 19.1. The van der Waals surface area contributed by atoms with Gasteiger partial charge in [-0.25, -0.2) is 10.4 Å². The lowest BCUT2D eigenvalue weighted by Crippen LogP contribution is -2.61. The van der Waals surface area contributed by atoms with Crippen molar-refractivity contribution in [1.29, 1.82) is 0 Å². The van der Waals surface area contributed by atoms with E-state index in [9.17, 15) is 22.8 Å². The smallest absolute Gasteiger partial charge is 0.434 e. The molecule has 4 atom stereocenters. The van der Waals surface area contributed by atoms with Gasteiger partial charge in [-0.1, -0.05) is 17.7 Å². The number of anilines is 2. The number of piperidine rings is 1. The Morgan fingerprint density at radius 3 is 2.65 bits per heavy atom. The molecule has 1 aromatic carbocycles. The van der Waals surface area contributed by atoms with Crippen molar-refractivity contribution in [3.63, 3.8) is 0 Å². The van der Waals surface area contributed by atoms with Crippen molar-refractivity contribution in [2.45, 2.75) is 31.0 Å². The first-order valence-corrected chi connectivity index (χ1v) is 13.0. The van der Waals surface area contributed by atoms with Gasteiger partial charge in [0.05, 0.1) is 54.8 Å². The van der Waals surface area contributed by atoms with Gasteiger partial charge in [-0.2, -0.15) is 13.2 Å². The molecule has 4 unspecified atom stereocenters. The first-order valence-electron chi connectivity index (χ1n) is 12.7. The van der Waals surface area contributed by atoms with E-state index < -0.39 is 47.6 Å². The lowest BCUT2D eigenvalue weighted by atomic mass is 9.88. The molecule has 2 amide bonds. The fraction of sp³-hybridized carbons (Fsp3) is 0.480. The highest BCUT2D eigenvalue weighted by Crippen LogP contribution is 2.37. The molecule has 11 nitrogen and oxygen atoms in total. The molecule has 3 fully saturated rings. The SMILES string of the molecule is COc1c(Cl)cccc1NC1CC(Nc2ccc(C(=O)N3CCOCC3)c(C(F)(F)F)n2)NC2NN(C)C(=O)C12. The van der Waals surface area contributed by atoms with E-state index >= 15 is 0 Å². The summed E-state index contributed by atoms with van der Waals surface area (Å²) in [6.45, 7) is 0.933. The maximum absolute atomic E-state index is 14.0. The number of hydrazine groups is 1. The number of para-hydroxylation sites is 1. The molecule has 3 aliphatic rings. The third-order valence-corrected chi connectivity index (χ3v) is 7.44. The van der Waals surface area contributed by atoms with Gasteiger partial charge >= 0.3 is 6.18 Å². The summed E-state index contributed by atoms with van der Waals surface area (Å²) in [6.07, 6.45) is -5.67. The van der Waals surface area contributed by atoms with E-state index in [-0.39, 0.29) is 44.4 Å². The van der Waals surface area contributed by atoms with Crippen LogP contribution in [0.3, 0.4) is 0 Å². The van der Waals surface area contributed by atoms with Crippen molar-refractivity contribution in [3.8, 4) is 5.75 Å². The molecule has 2 aromatic rings. The van der Waals surface area contributed by atoms with Crippen molar-refractivity contribution in [3.05, 3.63) is 46.6 Å². The summed E-state index contributed by atoms with van der Waals surface area (Å²) < 4.78 is 52.7. The minimum absolute atomic E-state index is 0.0708. The number of hydrogen-bond acceptors (Lipinski definition) is 9. The summed E-state index contributed by atoms with van der Waals surface area (Å²) in [4.78, 5) is 30.9. The number of pyridine rings is 1. The largest absolute Gasteiger partial charge is 0.493 e. The van der Waals surface area contributed by atoms with E-state index in [2.05, 4.69) is 26.4 Å². The number of nitrogens with zero attached hydrogens (tertiary/aromatic N) is 3. The third-order valence-electron chi connectivity index (χ3n) is 7.14. The molecule has 0 aliphatic carbocycles. The number of ether oxygens (including phenoxy) is 2. The molecule has 216 valence electrons. The van der Waals surface area contributed by atoms with E-state index in [4.69, 9.17) is 21.1 Å². The summed E-state index contributed by atoms with van der Waals surface area (Å²) in [6, 6.07) is 7.21. The maximum Gasteiger partial charge on any atom is 0.434 e. The zero-order chi connectivity index (χ0) is 28.6. The lowest BCUT2D eigenvalue weighted by molar-refractivity contribution is -0.141. The molecule has 3 aliphatic heterocycles. The van der Waals surface area contributed by atoms with Gasteiger partial charge in [-0.05, 0) is 24.3 Å². The average molecular weight is 584 g/mol. The van der Waals surface area contributed by atoms with Crippen LogP contribution in [0.15, 0.2) is 30.3 Å². The van der Waals surface area contributed by atoms with Crippen LogP contribution in [0.1, 0.15) is 22.5 Å². The van der Waals surface area contributed by atoms with Gasteiger partial charge in [-0.3, -0.25) is 19.9 Å². The monoisotopic (exact) mass is 583 g/mol. The van der Waals surface area contributed by atoms with Gasteiger partial charge in [0.25, 0.3) is 5.91 Å². The summed E-state index contributed by atoms with van der Waals surface area (Å²) >= 11 is 6.27. The molecular formula is C25H29ClF3N7O4. The normalized spacial score (nSPS) is 25.0. The van der Waals surface area contributed by atoms with Crippen LogP contribution in [0.4, 0.5) is 24.7 Å². The maximum atomic E-state index is 14.0. The van der Waals surface area contributed by atoms with Crippen molar-refractivity contribution >= 4 is 34.9 Å². The predicted molar refractivity (Wildman–Crippen MR) is 140 cm³/mol. The third kappa shape index (κ3) is 5.61. The molecule has 4 N–H and O–H groups in total. The van der Waals surface area contributed by atoms with Crippen LogP contribution >= 0.6 is 11.6 Å². The van der Waals surface area contributed by atoms with Gasteiger partial charge in [0.2, 0.25) is 5.91 Å². The summed E-state index contributed by atoms with van der Waals surface area (Å²) in [7, 11) is 3.08. The van der Waals surface area contributed by atoms with Crippen LogP contribution in [0, 0.1) is 5.92 Å². The number of methoxy groups -OCH3 is 1. The summed E-state index contributed by atoms with van der Waals surface area (Å²) in [5, 5.41) is 11.3. The number of aromatic nitrogens is 1. The van der Waals surface area contributed by atoms with Crippen LogP contribution in [0.25, 0.3) is 0 Å². The fourth-order valence-corrected chi connectivity index (χ4v) is 5.52. The van der Waals surface area contributed by atoms with Crippen LogP contribution in [-0.2, 0) is 15.7 Å². The Morgan fingerprint density at radius 1 is 1.20 bits per heavy atom. The number of nitrogens with one attached hydrogen (secondary N) is 4. The zero-order valence-electron chi connectivity index (χ0n) is 21.7. The summed E-state index contributed by atoms with van der Waals surface area (Å²) in [5.74, 6) is -1.09. The standard InChI is InChI=1S/C25H29ClF3N7O4/c1-35-24(38)19-16(30-15-5-3-4-14(26)20(15)39-2)12-18(33-22(19)34-35)31-17-7-6-13(21(32-17)25(27,28)29)23(37)36-8-10-40-11-9-36/h3-7,16,18-19,22,30,33-34H,8-12H2,1-2H3,(H,31,32). The van der Waals surface area contributed by atoms with Crippen molar-refractivity contribution in [2.75, 3.05) is 51.1 Å². The zero-order valence-corrected chi connectivity index (χ0v) is 22.5. The average Bonchev–Trinajstić information content (AvgIpc) is 3.21. The van der Waals surface area contributed by atoms with E-state index in [1.54, 1.807) is 25.2 Å². The molecule has 1 aromatic heterocycles. The molecule has 5 rings (SSSR count). The molecule has 0 spiro atoms. The number of alkyl halides is 3. The Balaban J connectivity index is 1.40. The fourth-order valence-electron chi connectivity index (χ4n) is 5.27. The number of rotatable bonds is 6. The van der Waals surface area contributed by atoms with Crippen molar-refractivity contribution in [1.82, 2.24) is 25.6 Å². The number of carbonyl (C=O) groups excluding carboxylic acids is 2. The highest BCUT2D eigenvalue weighted by Gasteiger charge is 2.48. The highest BCUT2D eigenvalue weighted by molar-refractivity contribution is 6.32. The molecule has 0 bridgehead atoms. The molecule has 4 heterocycles. The van der Waals surface area contributed by atoms with Crippen molar-refractivity contribution in [2.24, 2.45) is 5.92 Å². The molecule has 0 radical (unpaired) electrons. The molecular weight excluding hydrogens is 555 g/mol. The number of benzene rings is 1. The van der Waals surface area contributed by atoms with E-state index in [0.29, 0.717) is 16.5 Å². The van der Waals surface area contributed by atoms with E-state index in [1.165, 1.54) is 23.1 Å². The number of amides is 2. The Morgan fingerprint density at radius 2 is 1.95 bits per heavy atom. The van der Waals surface area contributed by atoms with Gasteiger partial charge < -0.3 is 25.0 Å². The first kappa shape index (κ1) is 28.2. The van der Waals surface area contributed by atoms with Crippen molar-refractivity contribution < 1.29 is 32.2 Å². The van der Waals surface area contributed by atoms with Crippen LogP contribution in [0.5, 0.6) is 5.75 Å². The van der Waals surface area contributed by atoms with Crippen LogP contribution in [-0.4, -0.2) is 85.5 Å². The molecule has 0 saturated carbocycles. The minimum Gasteiger partial charge on any atom is -0.493 e. The summed E-state index contributed by atoms with van der Waals surface area (Å²) in [5.41, 5.74) is 1.83. The second-order valence-electron chi connectivity index (χ2n) is 9.70. The highest BCUT2D eigenvalue weighted by atomic mass is 35.5. The van der Waals surface area contributed by atoms with Crippen LogP contribution < -0.4 is 26.1 Å². The Kier molecular flexibility index (Phi) is 7.95. The van der Waals surface area contributed by atoms with E-state index in [1.807, 2.05) is 0 Å². The Bertz CT molecular complexity index is 1280. The number of halogens is 4. The van der Waals surface area contributed by atoms with Gasteiger partial charge in [0.15, 0.2) is 11.4 Å². The van der Waals surface area contributed by atoms with E-state index in [0.717, 1.165) is 6.07 Å². The van der Waals surface area contributed by atoms with Gasteiger partial charge in [0.1, 0.15) is 5.82 Å². The number of carbonyl (C=O) groups is 2. The quantitative estimate of drug-likeness (QED) is 0.406. The van der Waals surface area contributed by atoms with Gasteiger partial charge in [0, 0.05) is 32.6 Å². The second kappa shape index (κ2) is 11.3. The Labute approximate surface area is 233 Å². The molecule has 40 heavy (non-hydrogen) atoms. The van der Waals surface area contributed by atoms with Gasteiger partial charge in [-0.15, -0.1) is 0 Å². The molecule has 15 heteroatoms. The predicted octanol–water partition coefficient (Wildman–Crippen LogP) is 2.37. The lowest BCUT2D eigenvalue weighted by Gasteiger charge is -2.39. The number of morpholine rings is 1. The molecule has 3 saturated heterocycles. The minimum atomic E-state index is -4.85. The Hall–Kier alpha value is -3.33. The van der Waals surface area contributed by atoms with Crippen LogP contribution in [0.2, 0.25) is 5.02 Å². The second-order valence-corrected chi connectivity index (χ2v) is 10.1.